The molecule has 0 saturated heterocycles. The minimum absolute atomic E-state index is 0.0495. The molecule has 0 amide bonds. The molecule has 2 aromatic rings. The molecule has 1 heterocycles. The number of aromatic nitrogens is 1. The first kappa shape index (κ1) is 14.2. The maximum Gasteiger partial charge on any atom is 0.134 e. The van der Waals surface area contributed by atoms with E-state index in [0.29, 0.717) is 6.61 Å². The maximum absolute atomic E-state index is 5.86. The summed E-state index contributed by atoms with van der Waals surface area (Å²) in [6.45, 7) is 6.66. The number of benzene rings is 1. The van der Waals surface area contributed by atoms with Gasteiger partial charge in [0.2, 0.25) is 0 Å². The van der Waals surface area contributed by atoms with E-state index in [0.717, 1.165) is 23.7 Å². The van der Waals surface area contributed by atoms with E-state index in [1.807, 2.05) is 31.3 Å². The lowest BCUT2D eigenvalue weighted by Crippen LogP contribution is -2.10. The lowest BCUT2D eigenvalue weighted by atomic mass is 10.1. The van der Waals surface area contributed by atoms with Crippen LogP contribution in [0.1, 0.15) is 35.4 Å². The van der Waals surface area contributed by atoms with E-state index in [-0.39, 0.29) is 6.10 Å². The first-order valence-corrected chi connectivity index (χ1v) is 7.48. The summed E-state index contributed by atoms with van der Waals surface area (Å²) in [7, 11) is 0. The van der Waals surface area contributed by atoms with E-state index in [1.165, 1.54) is 4.88 Å². The van der Waals surface area contributed by atoms with Crippen molar-refractivity contribution in [3.8, 4) is 0 Å². The summed E-state index contributed by atoms with van der Waals surface area (Å²) in [6.07, 6.45) is 1.89. The van der Waals surface area contributed by atoms with E-state index >= 15 is 0 Å². The monoisotopic (exact) mass is 276 g/mol. The smallest absolute Gasteiger partial charge is 0.134 e. The Hall–Kier alpha value is -1.23. The molecular weight excluding hydrogens is 256 g/mol. The first-order valence-electron chi connectivity index (χ1n) is 6.67. The molecule has 0 radical (unpaired) electrons. The number of thiazole rings is 1. The highest BCUT2D eigenvalue weighted by atomic mass is 32.1. The topological polar surface area (TPSA) is 34.2 Å². The fourth-order valence-electron chi connectivity index (χ4n) is 1.88. The third kappa shape index (κ3) is 3.86. The second-order valence-corrected chi connectivity index (χ2v) is 5.34. The minimum atomic E-state index is -0.0495. The van der Waals surface area contributed by atoms with Gasteiger partial charge in [-0.1, -0.05) is 37.3 Å². The number of hydrogen-bond donors (Lipinski definition) is 1. The van der Waals surface area contributed by atoms with Gasteiger partial charge in [-0.05, 0) is 19.0 Å². The first-order chi connectivity index (χ1) is 9.35. The van der Waals surface area contributed by atoms with Gasteiger partial charge < -0.3 is 10.1 Å². The van der Waals surface area contributed by atoms with Gasteiger partial charge in [-0.15, -0.1) is 11.3 Å². The quantitative estimate of drug-likeness (QED) is 0.842. The van der Waals surface area contributed by atoms with Crippen molar-refractivity contribution < 1.29 is 4.74 Å². The Morgan fingerprint density at radius 1 is 1.26 bits per heavy atom. The number of hydrogen-bond acceptors (Lipinski definition) is 4. The molecule has 4 heteroatoms. The summed E-state index contributed by atoms with van der Waals surface area (Å²) < 4.78 is 5.86. The fourth-order valence-corrected chi connectivity index (χ4v) is 2.84. The Morgan fingerprint density at radius 2 is 2.05 bits per heavy atom. The van der Waals surface area contributed by atoms with Gasteiger partial charge >= 0.3 is 0 Å². The van der Waals surface area contributed by atoms with E-state index in [2.05, 4.69) is 29.4 Å². The third-order valence-electron chi connectivity index (χ3n) is 2.78. The zero-order chi connectivity index (χ0) is 13.5. The largest absolute Gasteiger partial charge is 0.367 e. The maximum atomic E-state index is 5.86. The van der Waals surface area contributed by atoms with Crippen molar-refractivity contribution in [3.63, 3.8) is 0 Å². The molecule has 0 aliphatic rings. The Kier molecular flexibility index (Phi) is 5.51. The highest BCUT2D eigenvalue weighted by molar-refractivity contribution is 7.11. The van der Waals surface area contributed by atoms with Crippen molar-refractivity contribution in [1.82, 2.24) is 10.3 Å². The molecule has 1 N–H and O–H groups in total. The molecule has 0 aliphatic carbocycles. The summed E-state index contributed by atoms with van der Waals surface area (Å²) in [6, 6.07) is 10.3. The number of ether oxygens (including phenoxy) is 1. The van der Waals surface area contributed by atoms with Crippen LogP contribution < -0.4 is 5.32 Å². The predicted octanol–water partition coefficient (Wildman–Crippen LogP) is 3.38. The molecule has 1 aromatic heterocycles. The highest BCUT2D eigenvalue weighted by Crippen LogP contribution is 2.29. The SMILES string of the molecule is CCNCc1cnc(C(OCC)c2ccccc2)s1. The molecule has 0 fully saturated rings. The molecule has 0 saturated carbocycles. The summed E-state index contributed by atoms with van der Waals surface area (Å²) in [5, 5.41) is 4.35. The van der Waals surface area contributed by atoms with Crippen molar-refractivity contribution in [2.75, 3.05) is 13.2 Å². The zero-order valence-corrected chi connectivity index (χ0v) is 12.2. The van der Waals surface area contributed by atoms with Crippen LogP contribution in [0.5, 0.6) is 0 Å². The third-order valence-corrected chi connectivity index (χ3v) is 3.82. The van der Waals surface area contributed by atoms with Crippen molar-refractivity contribution in [2.24, 2.45) is 0 Å². The van der Waals surface area contributed by atoms with E-state index in [4.69, 9.17) is 4.74 Å². The lowest BCUT2D eigenvalue weighted by Gasteiger charge is -2.14. The van der Waals surface area contributed by atoms with Crippen LogP contribution in [0.25, 0.3) is 0 Å². The van der Waals surface area contributed by atoms with Gasteiger partial charge in [0.1, 0.15) is 11.1 Å². The standard InChI is InChI=1S/C15H20N2OS/c1-3-16-10-13-11-17-15(19-13)14(18-4-2)12-8-6-5-7-9-12/h5-9,11,14,16H,3-4,10H2,1-2H3. The molecule has 1 aromatic carbocycles. The molecule has 0 spiro atoms. The Morgan fingerprint density at radius 3 is 2.74 bits per heavy atom. The van der Waals surface area contributed by atoms with Gasteiger partial charge in [-0.25, -0.2) is 4.98 Å². The normalized spacial score (nSPS) is 12.5. The van der Waals surface area contributed by atoms with Crippen LogP contribution in [0.15, 0.2) is 36.5 Å². The minimum Gasteiger partial charge on any atom is -0.367 e. The van der Waals surface area contributed by atoms with Crippen LogP contribution in [0.3, 0.4) is 0 Å². The average molecular weight is 276 g/mol. The van der Waals surface area contributed by atoms with Crippen molar-refractivity contribution >= 4 is 11.3 Å². The van der Waals surface area contributed by atoms with Crippen LogP contribution >= 0.6 is 11.3 Å². The van der Waals surface area contributed by atoms with Crippen LogP contribution in [0.4, 0.5) is 0 Å². The molecule has 0 bridgehead atoms. The van der Waals surface area contributed by atoms with E-state index in [9.17, 15) is 0 Å². The second kappa shape index (κ2) is 7.38. The molecule has 102 valence electrons. The summed E-state index contributed by atoms with van der Waals surface area (Å²) >= 11 is 1.72. The Balaban J connectivity index is 2.17. The summed E-state index contributed by atoms with van der Waals surface area (Å²) in [5.41, 5.74) is 1.16. The van der Waals surface area contributed by atoms with Gasteiger partial charge in [-0.3, -0.25) is 0 Å². The van der Waals surface area contributed by atoms with Crippen LogP contribution in [-0.2, 0) is 11.3 Å². The summed E-state index contributed by atoms with van der Waals surface area (Å²) in [4.78, 5) is 5.77. The highest BCUT2D eigenvalue weighted by Gasteiger charge is 2.17. The van der Waals surface area contributed by atoms with Crippen molar-refractivity contribution in [1.29, 1.82) is 0 Å². The number of rotatable bonds is 7. The van der Waals surface area contributed by atoms with Crippen molar-refractivity contribution in [2.45, 2.75) is 26.5 Å². The van der Waals surface area contributed by atoms with Gasteiger partial charge in [-0.2, -0.15) is 0 Å². The van der Waals surface area contributed by atoms with E-state index in [1.54, 1.807) is 11.3 Å². The molecule has 2 rings (SSSR count). The molecule has 19 heavy (non-hydrogen) atoms. The Labute approximate surface area is 118 Å². The Bertz CT molecular complexity index is 484. The number of nitrogens with one attached hydrogen (secondary N) is 1. The van der Waals surface area contributed by atoms with Crippen molar-refractivity contribution in [3.05, 3.63) is 52.0 Å². The predicted molar refractivity (Wildman–Crippen MR) is 79.4 cm³/mol. The van der Waals surface area contributed by atoms with Crippen LogP contribution in [0.2, 0.25) is 0 Å². The molecule has 1 unspecified atom stereocenters. The lowest BCUT2D eigenvalue weighted by molar-refractivity contribution is 0.0911. The van der Waals surface area contributed by atoms with Gasteiger partial charge in [0, 0.05) is 24.2 Å². The van der Waals surface area contributed by atoms with Gasteiger partial charge in [0.25, 0.3) is 0 Å². The van der Waals surface area contributed by atoms with Crippen LogP contribution in [0, 0.1) is 0 Å². The van der Waals surface area contributed by atoms with Gasteiger partial charge in [0.15, 0.2) is 0 Å². The van der Waals surface area contributed by atoms with E-state index < -0.39 is 0 Å². The number of nitrogens with zero attached hydrogens (tertiary/aromatic N) is 1. The average Bonchev–Trinajstić information content (AvgIpc) is 2.92. The molecule has 3 nitrogen and oxygen atoms in total. The summed E-state index contributed by atoms with van der Waals surface area (Å²) in [5.74, 6) is 0. The second-order valence-electron chi connectivity index (χ2n) is 4.19. The zero-order valence-electron chi connectivity index (χ0n) is 11.4. The van der Waals surface area contributed by atoms with Crippen LogP contribution in [-0.4, -0.2) is 18.1 Å². The molecular formula is C15H20N2OS. The molecule has 1 atom stereocenters. The fraction of sp³-hybridized carbons (Fsp3) is 0.400. The molecule has 0 aliphatic heterocycles. The van der Waals surface area contributed by atoms with Gasteiger partial charge in [0.05, 0.1) is 0 Å².